The molecule has 0 aromatic heterocycles. The molecule has 5 heteroatoms. The number of ether oxygens (including phenoxy) is 1. The number of esters is 1. The minimum Gasteiger partial charge on any atom is -0.464 e. The molecule has 3 unspecified atom stereocenters. The summed E-state index contributed by atoms with van der Waals surface area (Å²) in [6, 6.07) is -0.556. The van der Waals surface area contributed by atoms with E-state index in [1.165, 1.54) is 32.1 Å². The summed E-state index contributed by atoms with van der Waals surface area (Å²) >= 11 is 3.97. The Hall–Kier alpha value is -0.580. The molecule has 4 rings (SSSR count). The van der Waals surface area contributed by atoms with Crippen LogP contribution in [0.15, 0.2) is 0 Å². The fraction of sp³-hybridized carbons (Fsp3) is 0.882. The SMILES string of the molecule is CCOC(=O)C(C)NC(=O)CC12CC3CC(CC(Br)(C3)C1)C2. The Balaban J connectivity index is 1.61. The highest BCUT2D eigenvalue weighted by Gasteiger charge is 2.57. The van der Waals surface area contributed by atoms with Crippen LogP contribution in [0.25, 0.3) is 0 Å². The summed E-state index contributed by atoms with van der Waals surface area (Å²) < 4.78 is 5.22. The lowest BCUT2D eigenvalue weighted by molar-refractivity contribution is -0.147. The van der Waals surface area contributed by atoms with Gasteiger partial charge in [-0.25, -0.2) is 4.79 Å². The van der Waals surface area contributed by atoms with Crippen molar-refractivity contribution in [2.75, 3.05) is 6.61 Å². The Morgan fingerprint density at radius 1 is 1.27 bits per heavy atom. The first kappa shape index (κ1) is 16.3. The van der Waals surface area contributed by atoms with Crippen LogP contribution in [-0.4, -0.2) is 28.8 Å². The van der Waals surface area contributed by atoms with Crippen molar-refractivity contribution in [3.8, 4) is 0 Å². The molecule has 0 spiro atoms. The Kier molecular flexibility index (Phi) is 4.30. The summed E-state index contributed by atoms with van der Waals surface area (Å²) in [6.45, 7) is 3.82. The smallest absolute Gasteiger partial charge is 0.328 e. The molecule has 0 aliphatic heterocycles. The Labute approximate surface area is 140 Å². The van der Waals surface area contributed by atoms with Gasteiger partial charge in [0, 0.05) is 10.7 Å². The predicted octanol–water partition coefficient (Wildman–Crippen LogP) is 3.18. The van der Waals surface area contributed by atoms with Crippen LogP contribution < -0.4 is 5.32 Å². The fourth-order valence-electron chi connectivity index (χ4n) is 5.50. The predicted molar refractivity (Wildman–Crippen MR) is 87.6 cm³/mol. The van der Waals surface area contributed by atoms with Crippen LogP contribution >= 0.6 is 15.9 Å². The van der Waals surface area contributed by atoms with Gasteiger partial charge in [0.25, 0.3) is 0 Å². The molecular formula is C17H26BrNO3. The van der Waals surface area contributed by atoms with Gasteiger partial charge in [0.1, 0.15) is 6.04 Å². The molecule has 4 nitrogen and oxygen atoms in total. The number of halogens is 1. The Morgan fingerprint density at radius 3 is 2.45 bits per heavy atom. The number of hydrogen-bond acceptors (Lipinski definition) is 3. The molecule has 4 fully saturated rings. The van der Waals surface area contributed by atoms with Crippen molar-refractivity contribution in [1.82, 2.24) is 5.32 Å². The van der Waals surface area contributed by atoms with Crippen LogP contribution in [0.1, 0.15) is 58.8 Å². The molecule has 0 heterocycles. The van der Waals surface area contributed by atoms with Crippen LogP contribution in [0.2, 0.25) is 0 Å². The normalized spacial score (nSPS) is 40.3. The number of rotatable bonds is 5. The molecule has 124 valence electrons. The number of hydrogen-bond donors (Lipinski definition) is 1. The van der Waals surface area contributed by atoms with Gasteiger partial charge in [0.05, 0.1) is 6.61 Å². The summed E-state index contributed by atoms with van der Waals surface area (Å²) in [5.41, 5.74) is 0.145. The summed E-state index contributed by atoms with van der Waals surface area (Å²) in [5.74, 6) is 1.20. The first-order chi connectivity index (χ1) is 10.3. The second-order valence-corrected chi connectivity index (χ2v) is 9.51. The number of alkyl halides is 1. The average molecular weight is 372 g/mol. The molecule has 3 atom stereocenters. The van der Waals surface area contributed by atoms with Crippen molar-refractivity contribution in [1.29, 1.82) is 0 Å². The van der Waals surface area contributed by atoms with E-state index in [4.69, 9.17) is 4.74 Å². The van der Waals surface area contributed by atoms with Gasteiger partial charge in [-0.1, -0.05) is 15.9 Å². The molecule has 4 saturated carbocycles. The van der Waals surface area contributed by atoms with E-state index >= 15 is 0 Å². The third-order valence-corrected chi connectivity index (χ3v) is 6.59. The minimum atomic E-state index is -0.556. The van der Waals surface area contributed by atoms with Gasteiger partial charge >= 0.3 is 5.97 Å². The zero-order valence-electron chi connectivity index (χ0n) is 13.5. The van der Waals surface area contributed by atoms with Crippen LogP contribution in [-0.2, 0) is 14.3 Å². The molecule has 0 aromatic rings. The van der Waals surface area contributed by atoms with E-state index in [9.17, 15) is 9.59 Å². The first-order valence-corrected chi connectivity index (χ1v) is 9.27. The minimum absolute atomic E-state index is 0.00129. The van der Waals surface area contributed by atoms with Crippen LogP contribution in [0.3, 0.4) is 0 Å². The molecule has 1 amide bonds. The van der Waals surface area contributed by atoms with Crippen LogP contribution in [0.5, 0.6) is 0 Å². The quantitative estimate of drug-likeness (QED) is 0.596. The van der Waals surface area contributed by atoms with Crippen LogP contribution in [0, 0.1) is 17.3 Å². The maximum absolute atomic E-state index is 12.4. The molecule has 4 bridgehead atoms. The molecule has 0 aromatic carbocycles. The molecular weight excluding hydrogens is 346 g/mol. The molecule has 22 heavy (non-hydrogen) atoms. The summed E-state index contributed by atoms with van der Waals surface area (Å²) in [6.07, 6.45) is 7.90. The van der Waals surface area contributed by atoms with Gasteiger partial charge in [0.2, 0.25) is 5.91 Å². The van der Waals surface area contributed by atoms with E-state index in [2.05, 4.69) is 21.2 Å². The number of carbonyl (C=O) groups excluding carboxylic acids is 2. The zero-order valence-corrected chi connectivity index (χ0v) is 15.1. The van der Waals surface area contributed by atoms with Crippen molar-refractivity contribution >= 4 is 27.8 Å². The topological polar surface area (TPSA) is 55.4 Å². The number of carbonyl (C=O) groups is 2. The van der Waals surface area contributed by atoms with E-state index < -0.39 is 6.04 Å². The van der Waals surface area contributed by atoms with Crippen molar-refractivity contribution < 1.29 is 14.3 Å². The van der Waals surface area contributed by atoms with E-state index in [0.29, 0.717) is 13.0 Å². The lowest BCUT2D eigenvalue weighted by Gasteiger charge is -2.60. The fourth-order valence-corrected chi connectivity index (χ4v) is 7.01. The van der Waals surface area contributed by atoms with Gasteiger partial charge in [-0.15, -0.1) is 0 Å². The lowest BCUT2D eigenvalue weighted by atomic mass is 9.48. The first-order valence-electron chi connectivity index (χ1n) is 8.48. The largest absolute Gasteiger partial charge is 0.464 e. The molecule has 4 aliphatic carbocycles. The maximum atomic E-state index is 12.4. The Morgan fingerprint density at radius 2 is 1.91 bits per heavy atom. The highest BCUT2D eigenvalue weighted by atomic mass is 79.9. The van der Waals surface area contributed by atoms with Gasteiger partial charge < -0.3 is 10.1 Å². The maximum Gasteiger partial charge on any atom is 0.328 e. The average Bonchev–Trinajstić information content (AvgIpc) is 2.34. The van der Waals surface area contributed by atoms with Crippen molar-refractivity contribution in [2.45, 2.75) is 69.2 Å². The third-order valence-electron chi connectivity index (χ3n) is 5.66. The van der Waals surface area contributed by atoms with Crippen molar-refractivity contribution in [3.05, 3.63) is 0 Å². The van der Waals surface area contributed by atoms with E-state index in [1.807, 2.05) is 0 Å². The molecule has 4 aliphatic rings. The number of amides is 1. The standard InChI is InChI=1S/C17H26BrNO3/c1-3-22-15(21)11(2)19-14(20)9-16-5-12-4-13(6-16)8-17(18,7-12)10-16/h11-13H,3-10H2,1-2H3,(H,19,20). The summed E-state index contributed by atoms with van der Waals surface area (Å²) in [7, 11) is 0. The highest BCUT2D eigenvalue weighted by molar-refractivity contribution is 9.10. The van der Waals surface area contributed by atoms with Gasteiger partial charge in [-0.3, -0.25) is 4.79 Å². The molecule has 0 saturated heterocycles. The number of nitrogens with one attached hydrogen (secondary N) is 1. The van der Waals surface area contributed by atoms with E-state index in [0.717, 1.165) is 18.3 Å². The highest BCUT2D eigenvalue weighted by Crippen LogP contribution is 2.65. The zero-order chi connectivity index (χ0) is 16.0. The second kappa shape index (κ2) is 5.81. The molecule has 0 radical (unpaired) electrons. The van der Waals surface area contributed by atoms with Gasteiger partial charge in [-0.2, -0.15) is 0 Å². The van der Waals surface area contributed by atoms with E-state index in [1.54, 1.807) is 13.8 Å². The lowest BCUT2D eigenvalue weighted by Crippen LogP contribution is -2.54. The van der Waals surface area contributed by atoms with Gasteiger partial charge in [0.15, 0.2) is 0 Å². The molecule has 1 N–H and O–H groups in total. The van der Waals surface area contributed by atoms with Gasteiger partial charge in [-0.05, 0) is 69.6 Å². The van der Waals surface area contributed by atoms with Crippen LogP contribution in [0.4, 0.5) is 0 Å². The second-order valence-electron chi connectivity index (χ2n) is 7.83. The Bertz CT molecular complexity index is 465. The summed E-state index contributed by atoms with van der Waals surface area (Å²) in [5, 5.41) is 2.82. The third kappa shape index (κ3) is 3.19. The van der Waals surface area contributed by atoms with E-state index in [-0.39, 0.29) is 21.6 Å². The van der Waals surface area contributed by atoms with Crippen molar-refractivity contribution in [2.24, 2.45) is 17.3 Å². The van der Waals surface area contributed by atoms with Crippen molar-refractivity contribution in [3.63, 3.8) is 0 Å². The monoisotopic (exact) mass is 371 g/mol. The summed E-state index contributed by atoms with van der Waals surface area (Å²) in [4.78, 5) is 24.1.